The maximum Gasteiger partial charge on any atom is 0.427 e. The third-order valence-corrected chi connectivity index (χ3v) is 5.12. The van der Waals surface area contributed by atoms with Crippen molar-refractivity contribution in [1.29, 1.82) is 0 Å². The molecule has 31 heavy (non-hydrogen) atoms. The number of hydrogen-bond donors (Lipinski definition) is 3. The van der Waals surface area contributed by atoms with Crippen molar-refractivity contribution in [2.24, 2.45) is 0 Å². The maximum absolute atomic E-state index is 15.5. The zero-order valence-corrected chi connectivity index (χ0v) is 15.3. The van der Waals surface area contributed by atoms with Gasteiger partial charge in [0, 0.05) is 13.0 Å². The van der Waals surface area contributed by atoms with Crippen LogP contribution in [0, 0.1) is 0 Å². The van der Waals surface area contributed by atoms with E-state index >= 15 is 4.39 Å². The topological polar surface area (TPSA) is 103 Å². The van der Waals surface area contributed by atoms with E-state index in [9.17, 15) is 40.7 Å². The number of imide groups is 1. The molecule has 1 aromatic rings. The van der Waals surface area contributed by atoms with Gasteiger partial charge in [-0.25, -0.2) is 14.2 Å². The predicted octanol–water partition coefficient (Wildman–Crippen LogP) is 1.41. The Hall–Kier alpha value is -3.13. The van der Waals surface area contributed by atoms with Gasteiger partial charge in [-0.05, 0) is 12.1 Å². The van der Waals surface area contributed by atoms with Crippen molar-refractivity contribution in [2.75, 3.05) is 18.0 Å². The minimum absolute atomic E-state index is 0.184. The summed E-state index contributed by atoms with van der Waals surface area (Å²) in [6.45, 7) is -2.58. The standard InChI is InChI=1S/C16H14F7N5O3/c17-14(16(21,22)23)6-28(2-1-13(14)11(30)26-12(31)27-13)10-4-8(15(18,19)20)3-9(25-10)5-24-7-29/h3-4,7H,1-2,5-6H2,(H,24,29)(H2,26,27,30,31). The van der Waals surface area contributed by atoms with Gasteiger partial charge in [0.15, 0.2) is 5.54 Å². The Balaban J connectivity index is 2.05. The lowest BCUT2D eigenvalue weighted by Gasteiger charge is -2.48. The molecule has 2 saturated heterocycles. The highest BCUT2D eigenvalue weighted by Gasteiger charge is 2.75. The molecule has 2 aliphatic rings. The molecule has 0 aliphatic carbocycles. The second-order valence-electron chi connectivity index (χ2n) is 6.99. The smallest absolute Gasteiger partial charge is 0.353 e. The van der Waals surface area contributed by atoms with Crippen molar-refractivity contribution >= 4 is 24.2 Å². The lowest BCUT2D eigenvalue weighted by molar-refractivity contribution is -0.252. The van der Waals surface area contributed by atoms with Gasteiger partial charge in [0.1, 0.15) is 5.82 Å². The van der Waals surface area contributed by atoms with Crippen molar-refractivity contribution in [3.63, 3.8) is 0 Å². The predicted molar refractivity (Wildman–Crippen MR) is 88.3 cm³/mol. The molecule has 170 valence electrons. The fourth-order valence-corrected chi connectivity index (χ4v) is 3.59. The van der Waals surface area contributed by atoms with E-state index in [4.69, 9.17) is 0 Å². The number of carbonyl (C=O) groups is 3. The number of halogens is 7. The Morgan fingerprint density at radius 2 is 1.87 bits per heavy atom. The molecule has 1 aromatic heterocycles. The highest BCUT2D eigenvalue weighted by molar-refractivity contribution is 6.08. The third kappa shape index (κ3) is 3.72. The third-order valence-electron chi connectivity index (χ3n) is 5.12. The quantitative estimate of drug-likeness (QED) is 0.361. The normalized spacial score (nSPS) is 26.6. The Bertz CT molecular complexity index is 922. The SMILES string of the molecule is O=CNCc1cc(C(F)(F)F)cc(N2CCC3(NC(=O)NC3=O)C(F)(C(F)(F)F)C2)n1. The maximum atomic E-state index is 15.5. The Labute approximate surface area is 169 Å². The van der Waals surface area contributed by atoms with E-state index in [1.165, 1.54) is 0 Å². The molecule has 0 aromatic carbocycles. The molecule has 3 rings (SSSR count). The lowest BCUT2D eigenvalue weighted by atomic mass is 9.74. The molecular formula is C16H14F7N5O3. The number of urea groups is 1. The number of alkyl halides is 7. The minimum Gasteiger partial charge on any atom is -0.353 e. The number of carbonyl (C=O) groups excluding carboxylic acids is 3. The highest BCUT2D eigenvalue weighted by atomic mass is 19.4. The van der Waals surface area contributed by atoms with Gasteiger partial charge in [-0.15, -0.1) is 0 Å². The molecule has 1 spiro atoms. The Kier molecular flexibility index (Phi) is 5.26. The van der Waals surface area contributed by atoms with Crippen LogP contribution >= 0.6 is 0 Å². The van der Waals surface area contributed by atoms with Crippen molar-refractivity contribution in [1.82, 2.24) is 20.9 Å². The van der Waals surface area contributed by atoms with Crippen LogP contribution in [0.2, 0.25) is 0 Å². The monoisotopic (exact) mass is 457 g/mol. The van der Waals surface area contributed by atoms with Crippen LogP contribution in [-0.2, 0) is 22.3 Å². The number of aromatic nitrogens is 1. The van der Waals surface area contributed by atoms with Gasteiger partial charge in [0.25, 0.3) is 11.6 Å². The Morgan fingerprint density at radius 1 is 1.19 bits per heavy atom. The Morgan fingerprint density at radius 3 is 2.39 bits per heavy atom. The van der Waals surface area contributed by atoms with Gasteiger partial charge in [-0.2, -0.15) is 26.3 Å². The number of amides is 4. The summed E-state index contributed by atoms with van der Waals surface area (Å²) in [6, 6.07) is -0.293. The molecule has 0 bridgehead atoms. The summed E-state index contributed by atoms with van der Waals surface area (Å²) in [5, 5.41) is 5.34. The first-order valence-corrected chi connectivity index (χ1v) is 8.63. The van der Waals surface area contributed by atoms with Crippen LogP contribution in [0.25, 0.3) is 0 Å². The number of anilines is 1. The summed E-state index contributed by atoms with van der Waals surface area (Å²) in [5.74, 6) is -2.16. The van der Waals surface area contributed by atoms with Gasteiger partial charge in [0.05, 0.1) is 24.3 Å². The molecule has 0 saturated carbocycles. The van der Waals surface area contributed by atoms with Gasteiger partial charge in [-0.1, -0.05) is 0 Å². The number of nitrogens with one attached hydrogen (secondary N) is 3. The molecule has 2 aliphatic heterocycles. The summed E-state index contributed by atoms with van der Waals surface area (Å²) in [7, 11) is 0. The van der Waals surface area contributed by atoms with E-state index in [0.717, 1.165) is 0 Å². The average molecular weight is 457 g/mol. The van der Waals surface area contributed by atoms with Crippen molar-refractivity contribution in [3.05, 3.63) is 23.4 Å². The number of piperidine rings is 1. The van der Waals surface area contributed by atoms with Gasteiger partial charge in [0.2, 0.25) is 6.41 Å². The van der Waals surface area contributed by atoms with Crippen LogP contribution in [0.5, 0.6) is 0 Å². The zero-order chi connectivity index (χ0) is 23.2. The largest absolute Gasteiger partial charge is 0.427 e. The molecule has 15 heteroatoms. The number of nitrogens with zero attached hydrogens (tertiary/aromatic N) is 2. The molecule has 2 unspecified atom stereocenters. The summed E-state index contributed by atoms with van der Waals surface area (Å²) < 4.78 is 96.4. The molecule has 2 atom stereocenters. The first-order chi connectivity index (χ1) is 14.2. The van der Waals surface area contributed by atoms with Crippen molar-refractivity contribution in [2.45, 2.75) is 36.5 Å². The van der Waals surface area contributed by atoms with E-state index in [0.29, 0.717) is 17.0 Å². The fraction of sp³-hybridized carbons (Fsp3) is 0.500. The summed E-state index contributed by atoms with van der Waals surface area (Å²) >= 11 is 0. The molecule has 4 amide bonds. The summed E-state index contributed by atoms with van der Waals surface area (Å²) in [5.41, 5.74) is -8.90. The van der Waals surface area contributed by atoms with E-state index in [-0.39, 0.29) is 12.1 Å². The number of pyridine rings is 1. The van der Waals surface area contributed by atoms with E-state index < -0.39 is 72.9 Å². The van der Waals surface area contributed by atoms with Crippen LogP contribution in [0.1, 0.15) is 17.7 Å². The summed E-state index contributed by atoms with van der Waals surface area (Å²) in [4.78, 5) is 38.3. The van der Waals surface area contributed by atoms with Crippen molar-refractivity contribution in [3.8, 4) is 0 Å². The summed E-state index contributed by atoms with van der Waals surface area (Å²) in [6.07, 6.45) is -11.3. The number of rotatable bonds is 4. The molecule has 3 N–H and O–H groups in total. The van der Waals surface area contributed by atoms with E-state index in [1.807, 2.05) is 0 Å². The molecule has 3 heterocycles. The van der Waals surface area contributed by atoms with E-state index in [1.54, 1.807) is 10.6 Å². The van der Waals surface area contributed by atoms with Gasteiger partial charge < -0.3 is 15.5 Å². The lowest BCUT2D eigenvalue weighted by Crippen LogP contribution is -2.75. The first kappa shape index (κ1) is 22.6. The van der Waals surface area contributed by atoms with Crippen LogP contribution in [0.3, 0.4) is 0 Å². The second-order valence-corrected chi connectivity index (χ2v) is 6.99. The molecule has 2 fully saturated rings. The highest BCUT2D eigenvalue weighted by Crippen LogP contribution is 2.48. The first-order valence-electron chi connectivity index (χ1n) is 8.63. The van der Waals surface area contributed by atoms with Crippen LogP contribution in [0.15, 0.2) is 12.1 Å². The molecule has 0 radical (unpaired) electrons. The fourth-order valence-electron chi connectivity index (χ4n) is 3.59. The van der Waals surface area contributed by atoms with Gasteiger partial charge >= 0.3 is 18.4 Å². The van der Waals surface area contributed by atoms with Crippen LogP contribution in [0.4, 0.5) is 41.3 Å². The van der Waals surface area contributed by atoms with Crippen molar-refractivity contribution < 1.29 is 45.1 Å². The zero-order valence-electron chi connectivity index (χ0n) is 15.3. The second kappa shape index (κ2) is 7.23. The van der Waals surface area contributed by atoms with Crippen LogP contribution < -0.4 is 20.9 Å². The molecule has 8 nitrogen and oxygen atoms in total. The minimum atomic E-state index is -5.66. The van der Waals surface area contributed by atoms with E-state index in [2.05, 4.69) is 10.3 Å². The van der Waals surface area contributed by atoms with Crippen LogP contribution in [-0.4, -0.2) is 53.8 Å². The average Bonchev–Trinajstić information content (AvgIpc) is 2.95. The number of hydrogen-bond acceptors (Lipinski definition) is 5. The molecular weight excluding hydrogens is 443 g/mol. The van der Waals surface area contributed by atoms with Gasteiger partial charge in [-0.3, -0.25) is 14.9 Å².